The fraction of sp³-hybridized carbons (Fsp3) is 0.867. The van der Waals surface area contributed by atoms with Gasteiger partial charge in [0.25, 0.3) is 0 Å². The van der Waals surface area contributed by atoms with Crippen molar-refractivity contribution in [1.82, 2.24) is 10.2 Å². The average Bonchev–Trinajstić information content (AvgIpc) is 2.79. The van der Waals surface area contributed by atoms with Crippen LogP contribution in [0.3, 0.4) is 0 Å². The lowest BCUT2D eigenvalue weighted by molar-refractivity contribution is -0.142. The first-order valence-corrected chi connectivity index (χ1v) is 7.78. The van der Waals surface area contributed by atoms with Crippen molar-refractivity contribution in [2.45, 2.75) is 52.0 Å². The lowest BCUT2D eigenvalue weighted by atomic mass is 9.80. The van der Waals surface area contributed by atoms with Gasteiger partial charge in [-0.2, -0.15) is 0 Å². The summed E-state index contributed by atoms with van der Waals surface area (Å²) in [6, 6.07) is -0.310. The second-order valence-electron chi connectivity index (χ2n) is 6.38. The molecule has 20 heavy (non-hydrogen) atoms. The summed E-state index contributed by atoms with van der Waals surface area (Å²) in [7, 11) is 0. The molecule has 4 atom stereocenters. The van der Waals surface area contributed by atoms with Gasteiger partial charge in [-0.15, -0.1) is 0 Å². The second kappa shape index (κ2) is 6.46. The molecule has 0 radical (unpaired) electrons. The molecule has 1 saturated carbocycles. The maximum atomic E-state index is 12.2. The summed E-state index contributed by atoms with van der Waals surface area (Å²) in [6.07, 6.45) is 5.56. The van der Waals surface area contributed by atoms with Crippen LogP contribution in [0.5, 0.6) is 0 Å². The van der Waals surface area contributed by atoms with E-state index in [4.69, 9.17) is 5.11 Å². The van der Waals surface area contributed by atoms with Gasteiger partial charge >= 0.3 is 12.0 Å². The number of urea groups is 1. The summed E-state index contributed by atoms with van der Waals surface area (Å²) in [5.41, 5.74) is 0. The van der Waals surface area contributed by atoms with E-state index in [0.29, 0.717) is 24.8 Å². The molecule has 2 aliphatic rings. The van der Waals surface area contributed by atoms with E-state index in [9.17, 15) is 9.59 Å². The number of likely N-dealkylation sites (tertiary alicyclic amines) is 1. The van der Waals surface area contributed by atoms with Crippen molar-refractivity contribution in [3.8, 4) is 0 Å². The van der Waals surface area contributed by atoms with Crippen molar-refractivity contribution in [3.63, 3.8) is 0 Å². The van der Waals surface area contributed by atoms with Crippen LogP contribution in [0.1, 0.15) is 46.0 Å². The molecule has 2 amide bonds. The van der Waals surface area contributed by atoms with E-state index in [-0.39, 0.29) is 12.1 Å². The molecule has 2 rings (SSSR count). The fourth-order valence-corrected chi connectivity index (χ4v) is 3.57. The van der Waals surface area contributed by atoms with Gasteiger partial charge in [-0.05, 0) is 31.6 Å². The Labute approximate surface area is 120 Å². The van der Waals surface area contributed by atoms with Gasteiger partial charge in [0.05, 0.1) is 5.92 Å². The molecule has 5 nitrogen and oxygen atoms in total. The van der Waals surface area contributed by atoms with Crippen molar-refractivity contribution >= 4 is 12.0 Å². The Morgan fingerprint density at radius 2 is 1.90 bits per heavy atom. The van der Waals surface area contributed by atoms with Crippen molar-refractivity contribution in [3.05, 3.63) is 0 Å². The zero-order chi connectivity index (χ0) is 14.7. The van der Waals surface area contributed by atoms with Gasteiger partial charge in [-0.1, -0.05) is 26.2 Å². The zero-order valence-electron chi connectivity index (χ0n) is 12.5. The molecule has 1 aliphatic heterocycles. The Bertz CT molecular complexity index is 372. The monoisotopic (exact) mass is 282 g/mol. The van der Waals surface area contributed by atoms with Crippen LogP contribution in [-0.2, 0) is 4.79 Å². The minimum Gasteiger partial charge on any atom is -0.481 e. The van der Waals surface area contributed by atoms with Crippen LogP contribution < -0.4 is 5.32 Å². The largest absolute Gasteiger partial charge is 0.481 e. The van der Waals surface area contributed by atoms with Gasteiger partial charge in [-0.3, -0.25) is 4.79 Å². The molecule has 2 fully saturated rings. The first kappa shape index (κ1) is 15.1. The first-order valence-electron chi connectivity index (χ1n) is 7.78. The second-order valence-corrected chi connectivity index (χ2v) is 6.38. The summed E-state index contributed by atoms with van der Waals surface area (Å²) in [4.78, 5) is 24.9. The number of carboxylic acids is 1. The number of carboxylic acid groups (broad SMARTS) is 1. The van der Waals surface area contributed by atoms with Crippen LogP contribution in [-0.4, -0.2) is 41.1 Å². The minimum atomic E-state index is -0.797. The molecule has 0 aromatic rings. The lowest BCUT2D eigenvalue weighted by Gasteiger charge is -2.30. The van der Waals surface area contributed by atoms with Crippen LogP contribution >= 0.6 is 0 Å². The highest BCUT2D eigenvalue weighted by Crippen LogP contribution is 2.29. The predicted molar refractivity (Wildman–Crippen MR) is 76.4 cm³/mol. The smallest absolute Gasteiger partial charge is 0.317 e. The molecule has 2 N–H and O–H groups in total. The minimum absolute atomic E-state index is 0.0981. The Hall–Kier alpha value is -1.26. The highest BCUT2D eigenvalue weighted by Gasteiger charge is 2.38. The fourth-order valence-electron chi connectivity index (χ4n) is 3.57. The van der Waals surface area contributed by atoms with E-state index in [1.54, 1.807) is 4.90 Å². The third-order valence-electron chi connectivity index (χ3n) is 5.14. The van der Waals surface area contributed by atoms with Gasteiger partial charge in [0.1, 0.15) is 0 Å². The summed E-state index contributed by atoms with van der Waals surface area (Å²) >= 11 is 0. The van der Waals surface area contributed by atoms with E-state index in [2.05, 4.69) is 12.2 Å². The maximum Gasteiger partial charge on any atom is 0.317 e. The van der Waals surface area contributed by atoms with Crippen molar-refractivity contribution in [2.24, 2.45) is 17.8 Å². The molecular formula is C15H26N2O3. The standard InChI is InChI=1S/C15H26N2O3/c1-10-5-3-4-6-12(10)9-16-15(20)17-8-7-13(11(17)2)14(18)19/h10-13H,3-9H2,1-2H3,(H,16,20)(H,18,19). The topological polar surface area (TPSA) is 69.6 Å². The molecule has 0 aromatic heterocycles. The summed E-state index contributed by atoms with van der Waals surface area (Å²) in [5, 5.41) is 12.1. The third kappa shape index (κ3) is 3.25. The Kier molecular flexibility index (Phi) is 4.89. The molecule has 1 aliphatic carbocycles. The summed E-state index contributed by atoms with van der Waals surface area (Å²) < 4.78 is 0. The molecule has 0 aromatic carbocycles. The lowest BCUT2D eigenvalue weighted by Crippen LogP contribution is -2.45. The number of carbonyl (C=O) groups is 2. The van der Waals surface area contributed by atoms with Gasteiger partial charge < -0.3 is 15.3 Å². The molecule has 114 valence electrons. The number of nitrogens with zero attached hydrogens (tertiary/aromatic N) is 1. The SMILES string of the molecule is CC1CCCCC1CNC(=O)N1CCC(C(=O)O)C1C. The van der Waals surface area contributed by atoms with E-state index >= 15 is 0 Å². The van der Waals surface area contributed by atoms with Crippen LogP contribution in [0.25, 0.3) is 0 Å². The summed E-state index contributed by atoms with van der Waals surface area (Å²) in [5.74, 6) is 0.0238. The Morgan fingerprint density at radius 1 is 1.20 bits per heavy atom. The molecule has 1 saturated heterocycles. The highest BCUT2D eigenvalue weighted by molar-refractivity contribution is 5.78. The van der Waals surface area contributed by atoms with Crippen molar-refractivity contribution in [2.75, 3.05) is 13.1 Å². The van der Waals surface area contributed by atoms with E-state index < -0.39 is 11.9 Å². The van der Waals surface area contributed by atoms with Crippen LogP contribution in [0.2, 0.25) is 0 Å². The van der Waals surface area contributed by atoms with Crippen molar-refractivity contribution < 1.29 is 14.7 Å². The van der Waals surface area contributed by atoms with E-state index in [0.717, 1.165) is 6.54 Å². The third-order valence-corrected chi connectivity index (χ3v) is 5.14. The first-order chi connectivity index (χ1) is 9.50. The van der Waals surface area contributed by atoms with E-state index in [1.165, 1.54) is 25.7 Å². The van der Waals surface area contributed by atoms with Crippen LogP contribution in [0, 0.1) is 17.8 Å². The van der Waals surface area contributed by atoms with Gasteiger partial charge in [0, 0.05) is 19.1 Å². The van der Waals surface area contributed by atoms with Crippen molar-refractivity contribution in [1.29, 1.82) is 0 Å². The molecular weight excluding hydrogens is 256 g/mol. The molecule has 5 heteroatoms. The number of hydrogen-bond acceptors (Lipinski definition) is 2. The number of aliphatic carboxylic acids is 1. The molecule has 1 heterocycles. The number of carbonyl (C=O) groups excluding carboxylic acids is 1. The quantitative estimate of drug-likeness (QED) is 0.834. The zero-order valence-corrected chi connectivity index (χ0v) is 12.5. The maximum absolute atomic E-state index is 12.2. The summed E-state index contributed by atoms with van der Waals surface area (Å²) in [6.45, 7) is 5.36. The molecule has 0 spiro atoms. The Morgan fingerprint density at radius 3 is 2.50 bits per heavy atom. The number of nitrogens with one attached hydrogen (secondary N) is 1. The van der Waals surface area contributed by atoms with Gasteiger partial charge in [0.15, 0.2) is 0 Å². The van der Waals surface area contributed by atoms with Crippen LogP contribution in [0.15, 0.2) is 0 Å². The Balaban J connectivity index is 1.82. The predicted octanol–water partition coefficient (Wildman–Crippen LogP) is 2.32. The molecule has 4 unspecified atom stereocenters. The van der Waals surface area contributed by atoms with Gasteiger partial charge in [-0.25, -0.2) is 4.79 Å². The molecule has 0 bridgehead atoms. The van der Waals surface area contributed by atoms with E-state index in [1.807, 2.05) is 6.92 Å². The van der Waals surface area contributed by atoms with Crippen LogP contribution in [0.4, 0.5) is 4.79 Å². The number of amides is 2. The van der Waals surface area contributed by atoms with Gasteiger partial charge in [0.2, 0.25) is 0 Å². The normalized spacial score (nSPS) is 34.0. The number of rotatable bonds is 3. The highest BCUT2D eigenvalue weighted by atomic mass is 16.4. The average molecular weight is 282 g/mol. The number of hydrogen-bond donors (Lipinski definition) is 2.